The predicted octanol–water partition coefficient (Wildman–Crippen LogP) is 3.84. The second-order valence-electron chi connectivity index (χ2n) is 6.99. The number of hydrogen-bond acceptors (Lipinski definition) is 6. The SMILES string of the molecule is Cc1cc(-c2ncc3nc(C4CCNCC4)sc3n2)cc2cn(C)nc12.Cl. The van der Waals surface area contributed by atoms with Crippen LogP contribution < -0.4 is 5.32 Å². The van der Waals surface area contributed by atoms with Crippen molar-refractivity contribution in [3.05, 3.63) is 35.1 Å². The molecule has 1 fully saturated rings. The van der Waals surface area contributed by atoms with Crippen molar-refractivity contribution in [1.29, 1.82) is 0 Å². The predicted molar refractivity (Wildman–Crippen MR) is 112 cm³/mol. The van der Waals surface area contributed by atoms with Crippen molar-refractivity contribution in [3.8, 4) is 11.4 Å². The Labute approximate surface area is 167 Å². The molecular weight excluding hydrogens is 380 g/mol. The second kappa shape index (κ2) is 7.14. The molecule has 4 heterocycles. The van der Waals surface area contributed by atoms with Crippen LogP contribution in [0.3, 0.4) is 0 Å². The van der Waals surface area contributed by atoms with Gasteiger partial charge in [-0.3, -0.25) is 4.68 Å². The molecule has 140 valence electrons. The molecule has 0 radical (unpaired) electrons. The third-order valence-electron chi connectivity index (χ3n) is 5.03. The second-order valence-corrected chi connectivity index (χ2v) is 8.00. The van der Waals surface area contributed by atoms with Gasteiger partial charge >= 0.3 is 0 Å². The van der Waals surface area contributed by atoms with Crippen LogP contribution in [0.2, 0.25) is 0 Å². The summed E-state index contributed by atoms with van der Waals surface area (Å²) in [5.41, 5.74) is 4.11. The first kappa shape index (κ1) is 18.3. The molecular formula is C19H21ClN6S. The molecule has 0 amide bonds. The number of benzene rings is 1. The molecule has 4 aromatic rings. The van der Waals surface area contributed by atoms with Crippen molar-refractivity contribution in [3.63, 3.8) is 0 Å². The van der Waals surface area contributed by atoms with E-state index < -0.39 is 0 Å². The molecule has 0 bridgehead atoms. The van der Waals surface area contributed by atoms with Crippen LogP contribution in [0.15, 0.2) is 24.5 Å². The highest BCUT2D eigenvalue weighted by Crippen LogP contribution is 2.32. The zero-order chi connectivity index (χ0) is 17.7. The van der Waals surface area contributed by atoms with E-state index in [1.807, 2.05) is 24.1 Å². The number of nitrogens with one attached hydrogen (secondary N) is 1. The maximum absolute atomic E-state index is 4.82. The molecule has 1 aliphatic rings. The normalized spacial score (nSPS) is 15.3. The topological polar surface area (TPSA) is 68.5 Å². The number of piperidine rings is 1. The number of hydrogen-bond donors (Lipinski definition) is 1. The van der Waals surface area contributed by atoms with Gasteiger partial charge in [-0.1, -0.05) is 11.3 Å². The van der Waals surface area contributed by atoms with Crippen LogP contribution in [0.1, 0.15) is 29.3 Å². The van der Waals surface area contributed by atoms with Gasteiger partial charge in [0.25, 0.3) is 0 Å². The Morgan fingerprint density at radius 3 is 2.81 bits per heavy atom. The van der Waals surface area contributed by atoms with E-state index in [2.05, 4.69) is 34.5 Å². The minimum Gasteiger partial charge on any atom is -0.317 e. The molecule has 0 saturated carbocycles. The summed E-state index contributed by atoms with van der Waals surface area (Å²) < 4.78 is 1.85. The van der Waals surface area contributed by atoms with Crippen molar-refractivity contribution < 1.29 is 0 Å². The zero-order valence-electron chi connectivity index (χ0n) is 15.3. The van der Waals surface area contributed by atoms with Gasteiger partial charge in [-0.2, -0.15) is 5.10 Å². The summed E-state index contributed by atoms with van der Waals surface area (Å²) in [4.78, 5) is 15.2. The van der Waals surface area contributed by atoms with Crippen molar-refractivity contribution in [2.45, 2.75) is 25.7 Å². The van der Waals surface area contributed by atoms with Gasteiger partial charge in [0.05, 0.1) is 16.7 Å². The Morgan fingerprint density at radius 2 is 2.00 bits per heavy atom. The van der Waals surface area contributed by atoms with E-state index in [1.54, 1.807) is 11.3 Å². The molecule has 6 nitrogen and oxygen atoms in total. The van der Waals surface area contributed by atoms with Crippen molar-refractivity contribution >= 4 is 45.0 Å². The molecule has 1 aromatic carbocycles. The Morgan fingerprint density at radius 1 is 1.19 bits per heavy atom. The van der Waals surface area contributed by atoms with Crippen LogP contribution in [-0.2, 0) is 7.05 Å². The van der Waals surface area contributed by atoms with Crippen LogP contribution in [0.25, 0.3) is 32.6 Å². The third-order valence-corrected chi connectivity index (χ3v) is 6.16. The van der Waals surface area contributed by atoms with Crippen LogP contribution in [-0.4, -0.2) is 37.8 Å². The van der Waals surface area contributed by atoms with Crippen LogP contribution in [0.5, 0.6) is 0 Å². The van der Waals surface area contributed by atoms with Gasteiger partial charge in [0.15, 0.2) is 5.82 Å². The van der Waals surface area contributed by atoms with E-state index in [0.717, 1.165) is 64.1 Å². The fourth-order valence-corrected chi connectivity index (χ4v) is 4.77. The summed E-state index contributed by atoms with van der Waals surface area (Å²) in [5.74, 6) is 1.31. The monoisotopic (exact) mass is 400 g/mol. The fourth-order valence-electron chi connectivity index (χ4n) is 3.69. The van der Waals surface area contributed by atoms with Gasteiger partial charge in [-0.15, -0.1) is 12.4 Å². The molecule has 0 unspecified atom stereocenters. The number of halogens is 1. The summed E-state index contributed by atoms with van der Waals surface area (Å²) in [6, 6.07) is 4.23. The van der Waals surface area contributed by atoms with Gasteiger partial charge in [0.1, 0.15) is 10.3 Å². The zero-order valence-corrected chi connectivity index (χ0v) is 16.9. The number of rotatable bonds is 2. The first-order valence-electron chi connectivity index (χ1n) is 8.96. The summed E-state index contributed by atoms with van der Waals surface area (Å²) in [6.45, 7) is 4.23. The molecule has 3 aromatic heterocycles. The lowest BCUT2D eigenvalue weighted by Gasteiger charge is -2.20. The lowest BCUT2D eigenvalue weighted by molar-refractivity contribution is 0.459. The highest BCUT2D eigenvalue weighted by atomic mass is 35.5. The number of nitrogens with zero attached hydrogens (tertiary/aromatic N) is 5. The lowest BCUT2D eigenvalue weighted by atomic mass is 9.99. The third kappa shape index (κ3) is 3.31. The quantitative estimate of drug-likeness (QED) is 0.553. The first-order chi connectivity index (χ1) is 12.7. The molecule has 1 aliphatic heterocycles. The summed E-state index contributed by atoms with van der Waals surface area (Å²) in [5, 5.41) is 10.2. The van der Waals surface area contributed by atoms with E-state index >= 15 is 0 Å². The van der Waals surface area contributed by atoms with Crippen LogP contribution >= 0.6 is 23.7 Å². The molecule has 27 heavy (non-hydrogen) atoms. The lowest BCUT2D eigenvalue weighted by Crippen LogP contribution is -2.26. The molecule has 0 aliphatic carbocycles. The Balaban J connectivity index is 0.00000180. The van der Waals surface area contributed by atoms with E-state index in [0.29, 0.717) is 5.92 Å². The average molecular weight is 401 g/mol. The van der Waals surface area contributed by atoms with E-state index in [4.69, 9.17) is 9.97 Å². The maximum atomic E-state index is 4.82. The van der Waals surface area contributed by atoms with Gasteiger partial charge in [-0.05, 0) is 50.6 Å². The standard InChI is InChI=1S/C19H20N6S.ClH/c1-11-7-13(8-14-10-25(2)24-16(11)14)17-21-9-15-19(23-17)26-18(22-15)12-3-5-20-6-4-12;/h7-10,12,20H,3-6H2,1-2H3;1H. The van der Waals surface area contributed by atoms with Crippen molar-refractivity contribution in [2.75, 3.05) is 13.1 Å². The molecule has 5 rings (SSSR count). The van der Waals surface area contributed by atoms with E-state index in [9.17, 15) is 0 Å². The number of aryl methyl sites for hydroxylation is 2. The Bertz CT molecular complexity index is 1110. The van der Waals surface area contributed by atoms with Gasteiger partial charge in [0.2, 0.25) is 0 Å². The van der Waals surface area contributed by atoms with Crippen LogP contribution in [0.4, 0.5) is 0 Å². The summed E-state index contributed by atoms with van der Waals surface area (Å²) >= 11 is 1.72. The Kier molecular flexibility index (Phi) is 4.84. The van der Waals surface area contributed by atoms with Crippen LogP contribution in [0, 0.1) is 6.92 Å². The van der Waals surface area contributed by atoms with Crippen molar-refractivity contribution in [2.24, 2.45) is 7.05 Å². The maximum Gasteiger partial charge on any atom is 0.160 e. The van der Waals surface area contributed by atoms with Crippen molar-refractivity contribution in [1.82, 2.24) is 30.0 Å². The van der Waals surface area contributed by atoms with Gasteiger partial charge < -0.3 is 5.32 Å². The smallest absolute Gasteiger partial charge is 0.160 e. The van der Waals surface area contributed by atoms with E-state index in [-0.39, 0.29) is 12.4 Å². The fraction of sp³-hybridized carbons (Fsp3) is 0.368. The highest BCUT2D eigenvalue weighted by Gasteiger charge is 2.20. The number of fused-ring (bicyclic) bond motifs is 2. The molecule has 8 heteroatoms. The average Bonchev–Trinajstić information content (AvgIpc) is 3.24. The summed E-state index contributed by atoms with van der Waals surface area (Å²) in [7, 11) is 1.95. The van der Waals surface area contributed by atoms with E-state index in [1.165, 1.54) is 5.01 Å². The molecule has 0 spiro atoms. The minimum atomic E-state index is 0. The molecule has 1 saturated heterocycles. The molecule has 0 atom stereocenters. The molecule has 1 N–H and O–H groups in total. The minimum absolute atomic E-state index is 0. The number of thiazole rings is 1. The van der Waals surface area contributed by atoms with Gasteiger partial charge in [0, 0.05) is 30.1 Å². The van der Waals surface area contributed by atoms with Gasteiger partial charge in [-0.25, -0.2) is 15.0 Å². The Hall–Kier alpha value is -2.09. The highest BCUT2D eigenvalue weighted by molar-refractivity contribution is 7.18. The summed E-state index contributed by atoms with van der Waals surface area (Å²) in [6.07, 6.45) is 6.20. The largest absolute Gasteiger partial charge is 0.317 e. The number of aromatic nitrogens is 5. The first-order valence-corrected chi connectivity index (χ1v) is 9.77.